The second kappa shape index (κ2) is 6.32. The van der Waals surface area contributed by atoms with Crippen molar-refractivity contribution in [1.29, 1.82) is 0 Å². The summed E-state index contributed by atoms with van der Waals surface area (Å²) in [5.41, 5.74) is 1.16. The van der Waals surface area contributed by atoms with E-state index < -0.39 is 0 Å². The molecule has 0 aromatic carbocycles. The molecule has 2 aromatic rings. The van der Waals surface area contributed by atoms with Gasteiger partial charge in [-0.3, -0.25) is 19.9 Å². The Morgan fingerprint density at radius 2 is 2.26 bits per heavy atom. The molecule has 0 fully saturated rings. The van der Waals surface area contributed by atoms with Gasteiger partial charge in [0.1, 0.15) is 11.5 Å². The normalized spacial score (nSPS) is 17.2. The smallest absolute Gasteiger partial charge is 0.302 e. The van der Waals surface area contributed by atoms with Crippen molar-refractivity contribution in [1.82, 2.24) is 9.97 Å². The maximum Gasteiger partial charge on any atom is 0.302 e. The van der Waals surface area contributed by atoms with Gasteiger partial charge in [0, 0.05) is 25.2 Å². The molecular weight excluding hydrogens is 294 g/mol. The van der Waals surface area contributed by atoms with E-state index in [0.29, 0.717) is 30.2 Å². The van der Waals surface area contributed by atoms with E-state index in [-0.39, 0.29) is 30.0 Å². The number of ketones is 1. The Bertz CT molecular complexity index is 722. The van der Waals surface area contributed by atoms with E-state index in [9.17, 15) is 9.59 Å². The number of hydrogen-bond acceptors (Lipinski definition) is 5. The molecule has 1 N–H and O–H groups in total. The Labute approximate surface area is 134 Å². The summed E-state index contributed by atoms with van der Waals surface area (Å²) in [6.07, 6.45) is 4.64. The highest BCUT2D eigenvalue weighted by Crippen LogP contribution is 2.31. The Morgan fingerprint density at radius 3 is 2.96 bits per heavy atom. The summed E-state index contributed by atoms with van der Waals surface area (Å²) in [5, 5.41) is 2.62. The topological polar surface area (TPSA) is 85.1 Å². The molecule has 120 valence electrons. The van der Waals surface area contributed by atoms with E-state index in [1.54, 1.807) is 18.5 Å². The van der Waals surface area contributed by atoms with Gasteiger partial charge in [0.25, 0.3) is 0 Å². The highest BCUT2D eigenvalue weighted by molar-refractivity contribution is 5.97. The van der Waals surface area contributed by atoms with E-state index in [0.717, 1.165) is 5.56 Å². The number of nitrogens with one attached hydrogen (secondary N) is 1. The molecule has 3 rings (SSSR count). The number of rotatable bonds is 4. The summed E-state index contributed by atoms with van der Waals surface area (Å²) in [6, 6.07) is 3.70. The van der Waals surface area contributed by atoms with E-state index in [2.05, 4.69) is 29.1 Å². The number of carbonyl (C=O) groups is 2. The monoisotopic (exact) mass is 313 g/mol. The van der Waals surface area contributed by atoms with Crippen molar-refractivity contribution >= 4 is 17.7 Å². The molecule has 1 aliphatic rings. The fourth-order valence-electron chi connectivity index (χ4n) is 2.73. The second-order valence-corrected chi connectivity index (χ2v) is 6.21. The zero-order valence-electron chi connectivity index (χ0n) is 13.2. The molecule has 1 amide bonds. The molecule has 23 heavy (non-hydrogen) atoms. The van der Waals surface area contributed by atoms with Crippen LogP contribution in [0.2, 0.25) is 0 Å². The maximum atomic E-state index is 12.1. The number of hydrogen-bond donors (Lipinski definition) is 1. The van der Waals surface area contributed by atoms with Crippen LogP contribution >= 0.6 is 0 Å². The van der Waals surface area contributed by atoms with Crippen molar-refractivity contribution < 1.29 is 14.0 Å². The van der Waals surface area contributed by atoms with Gasteiger partial charge in [-0.1, -0.05) is 19.9 Å². The number of carbonyl (C=O) groups excluding carboxylic acids is 2. The molecule has 0 spiro atoms. The largest absolute Gasteiger partial charge is 0.428 e. The van der Waals surface area contributed by atoms with Gasteiger partial charge in [-0.25, -0.2) is 0 Å². The average Bonchev–Trinajstić information content (AvgIpc) is 2.91. The Hall–Kier alpha value is -2.50. The minimum Gasteiger partial charge on any atom is -0.428 e. The van der Waals surface area contributed by atoms with Crippen LogP contribution < -0.4 is 5.32 Å². The number of pyridine rings is 1. The van der Waals surface area contributed by atoms with Crippen LogP contribution in [0, 0.1) is 11.8 Å². The predicted octanol–water partition coefficient (Wildman–Crippen LogP) is 2.65. The van der Waals surface area contributed by atoms with Crippen molar-refractivity contribution in [3.63, 3.8) is 0 Å². The highest BCUT2D eigenvalue weighted by Gasteiger charge is 2.32. The summed E-state index contributed by atoms with van der Waals surface area (Å²) in [5.74, 6) is 0.991. The molecule has 0 saturated carbocycles. The molecule has 1 atom stereocenters. The van der Waals surface area contributed by atoms with Crippen LogP contribution in [0.3, 0.4) is 0 Å². The minimum absolute atomic E-state index is 0.0125. The van der Waals surface area contributed by atoms with Crippen molar-refractivity contribution in [2.45, 2.75) is 33.1 Å². The van der Waals surface area contributed by atoms with Gasteiger partial charge < -0.3 is 4.42 Å². The summed E-state index contributed by atoms with van der Waals surface area (Å²) in [4.78, 5) is 32.3. The lowest BCUT2D eigenvalue weighted by atomic mass is 9.82. The third kappa shape index (κ3) is 3.47. The van der Waals surface area contributed by atoms with E-state index in [1.165, 1.54) is 0 Å². The zero-order valence-corrected chi connectivity index (χ0v) is 13.2. The number of fused-ring (bicyclic) bond motifs is 1. The first-order valence-electron chi connectivity index (χ1n) is 7.74. The van der Waals surface area contributed by atoms with Crippen molar-refractivity contribution in [2.24, 2.45) is 11.8 Å². The molecule has 0 aliphatic heterocycles. The second-order valence-electron chi connectivity index (χ2n) is 6.21. The van der Waals surface area contributed by atoms with E-state index in [4.69, 9.17) is 4.42 Å². The Balaban J connectivity index is 1.70. The first-order valence-corrected chi connectivity index (χ1v) is 7.74. The number of nitrogens with zero attached hydrogens (tertiary/aromatic N) is 2. The molecule has 6 heteroatoms. The van der Waals surface area contributed by atoms with Gasteiger partial charge in [0.05, 0.1) is 6.42 Å². The third-order valence-corrected chi connectivity index (χ3v) is 4.13. The van der Waals surface area contributed by atoms with Gasteiger partial charge in [-0.05, 0) is 23.5 Å². The quantitative estimate of drug-likeness (QED) is 0.938. The SMILES string of the molecule is CC(C)C1CC(=O)c2nc(NC(=O)Cc3cccnc3)oc2C1. The fraction of sp³-hybridized carbons (Fsp3) is 0.412. The Kier molecular flexibility index (Phi) is 4.23. The van der Waals surface area contributed by atoms with Crippen LogP contribution in [0.15, 0.2) is 28.9 Å². The van der Waals surface area contributed by atoms with Gasteiger partial charge >= 0.3 is 6.01 Å². The summed E-state index contributed by atoms with van der Waals surface area (Å²) < 4.78 is 5.59. The number of anilines is 1. The predicted molar refractivity (Wildman–Crippen MR) is 84.1 cm³/mol. The van der Waals surface area contributed by atoms with Crippen LogP contribution in [-0.4, -0.2) is 21.7 Å². The van der Waals surface area contributed by atoms with Crippen LogP contribution in [0.4, 0.5) is 6.01 Å². The highest BCUT2D eigenvalue weighted by atomic mass is 16.4. The van der Waals surface area contributed by atoms with Crippen LogP contribution in [0.1, 0.15) is 42.1 Å². The van der Waals surface area contributed by atoms with Gasteiger partial charge in [-0.15, -0.1) is 0 Å². The third-order valence-electron chi connectivity index (χ3n) is 4.13. The van der Waals surface area contributed by atoms with Crippen molar-refractivity contribution in [2.75, 3.05) is 5.32 Å². The number of Topliss-reactive ketones (excluding diaryl/α,β-unsaturated/α-hetero) is 1. The first-order chi connectivity index (χ1) is 11.0. The molecule has 2 aromatic heterocycles. The van der Waals surface area contributed by atoms with Gasteiger partial charge in [-0.2, -0.15) is 4.98 Å². The lowest BCUT2D eigenvalue weighted by Crippen LogP contribution is -2.23. The molecular formula is C17H19N3O3. The lowest BCUT2D eigenvalue weighted by molar-refractivity contribution is -0.115. The van der Waals surface area contributed by atoms with Crippen molar-refractivity contribution in [3.05, 3.63) is 41.5 Å². The molecule has 1 aliphatic carbocycles. The van der Waals surface area contributed by atoms with Crippen LogP contribution in [0.25, 0.3) is 0 Å². The fourth-order valence-corrected chi connectivity index (χ4v) is 2.73. The summed E-state index contributed by atoms with van der Waals surface area (Å²) in [7, 11) is 0. The van der Waals surface area contributed by atoms with E-state index in [1.807, 2.05) is 6.07 Å². The minimum atomic E-state index is -0.246. The van der Waals surface area contributed by atoms with Gasteiger partial charge in [0.2, 0.25) is 5.91 Å². The molecule has 6 nitrogen and oxygen atoms in total. The molecule has 0 bridgehead atoms. The number of aromatic nitrogens is 2. The first kappa shape index (κ1) is 15.4. The maximum absolute atomic E-state index is 12.1. The summed E-state index contributed by atoms with van der Waals surface area (Å²) in [6.45, 7) is 4.19. The number of oxazole rings is 1. The molecule has 2 heterocycles. The van der Waals surface area contributed by atoms with E-state index >= 15 is 0 Å². The molecule has 0 radical (unpaired) electrons. The Morgan fingerprint density at radius 1 is 1.43 bits per heavy atom. The zero-order chi connectivity index (χ0) is 16.4. The van der Waals surface area contributed by atoms with Crippen LogP contribution in [-0.2, 0) is 17.6 Å². The summed E-state index contributed by atoms with van der Waals surface area (Å²) >= 11 is 0. The average molecular weight is 313 g/mol. The number of amides is 1. The lowest BCUT2D eigenvalue weighted by Gasteiger charge is -2.22. The van der Waals surface area contributed by atoms with Crippen molar-refractivity contribution in [3.8, 4) is 0 Å². The van der Waals surface area contributed by atoms with Crippen LogP contribution in [0.5, 0.6) is 0 Å². The standard InChI is InChI=1S/C17H19N3O3/c1-10(2)12-7-13(21)16-14(8-12)23-17(20-16)19-15(22)6-11-4-3-5-18-9-11/h3-5,9-10,12H,6-8H2,1-2H3,(H,19,20,22). The van der Waals surface area contributed by atoms with Gasteiger partial charge in [0.15, 0.2) is 5.78 Å². The molecule has 1 unspecified atom stereocenters. The molecule has 0 saturated heterocycles.